The molecule has 0 saturated carbocycles. The third-order valence-electron chi connectivity index (χ3n) is 7.47. The number of ether oxygens (including phenoxy) is 2. The van der Waals surface area contributed by atoms with Crippen molar-refractivity contribution in [2.45, 2.75) is 180 Å². The molecule has 0 aliphatic carbocycles. The molecule has 3 nitrogen and oxygen atoms in total. The van der Waals surface area contributed by atoms with Crippen molar-refractivity contribution in [3.8, 4) is 47.4 Å². The second-order valence-electron chi connectivity index (χ2n) is 11.9. The van der Waals surface area contributed by atoms with Gasteiger partial charge in [0.05, 0.1) is 6.61 Å². The van der Waals surface area contributed by atoms with Gasteiger partial charge in [-0.2, -0.15) is 0 Å². The van der Waals surface area contributed by atoms with Crippen LogP contribution in [0.2, 0.25) is 0 Å². The largest absolute Gasteiger partial charge is 0.396 e. The van der Waals surface area contributed by atoms with E-state index < -0.39 is 0 Å². The van der Waals surface area contributed by atoms with Gasteiger partial charge >= 0.3 is 0 Å². The van der Waals surface area contributed by atoms with Crippen molar-refractivity contribution in [1.82, 2.24) is 0 Å². The molecular weight excluding hydrogens is 564 g/mol. The molecule has 1 rings (SSSR count). The lowest BCUT2D eigenvalue weighted by Crippen LogP contribution is -2.22. The van der Waals surface area contributed by atoms with Crippen molar-refractivity contribution in [2.75, 3.05) is 19.8 Å². The molecule has 258 valence electrons. The quantitative estimate of drug-likeness (QED) is 0.0654. The van der Waals surface area contributed by atoms with Gasteiger partial charge in [0, 0.05) is 64.6 Å². The molecule has 46 heavy (non-hydrogen) atoms. The van der Waals surface area contributed by atoms with Crippen LogP contribution in [0.1, 0.15) is 173 Å². The van der Waals surface area contributed by atoms with E-state index in [1.165, 1.54) is 77.0 Å². The Labute approximate surface area is 286 Å². The van der Waals surface area contributed by atoms with Gasteiger partial charge in [0.1, 0.15) is 0 Å². The third-order valence-corrected chi connectivity index (χ3v) is 7.47. The van der Waals surface area contributed by atoms with E-state index in [4.69, 9.17) is 14.6 Å². The van der Waals surface area contributed by atoms with Crippen LogP contribution in [0, 0.1) is 47.4 Å². The zero-order valence-corrected chi connectivity index (χ0v) is 29.6. The van der Waals surface area contributed by atoms with Gasteiger partial charge in [-0.25, -0.2) is 0 Å². The molecule has 0 radical (unpaired) electrons. The van der Waals surface area contributed by atoms with Crippen LogP contribution in [-0.4, -0.2) is 31.2 Å². The molecule has 0 aromatic rings. The predicted octanol–water partition coefficient (Wildman–Crippen LogP) is 11.3. The molecule has 1 aliphatic heterocycles. The van der Waals surface area contributed by atoms with E-state index in [2.05, 4.69) is 60.5 Å². The SMILES string of the molecule is C=CCCCC#CCCCCCCCC#CCCCO.C=CCCCC#CCCCCCCCC#CCCCOC1CCCCO1. The lowest BCUT2D eigenvalue weighted by Gasteiger charge is -2.22. The minimum Gasteiger partial charge on any atom is -0.396 e. The van der Waals surface area contributed by atoms with Gasteiger partial charge in [-0.3, -0.25) is 0 Å². The van der Waals surface area contributed by atoms with Gasteiger partial charge in [-0.15, -0.1) is 60.5 Å². The van der Waals surface area contributed by atoms with Crippen molar-refractivity contribution in [2.24, 2.45) is 0 Å². The number of aliphatic hydroxyl groups excluding tert-OH is 1. The van der Waals surface area contributed by atoms with Crippen LogP contribution in [0.5, 0.6) is 0 Å². The monoisotopic (exact) mass is 633 g/mol. The van der Waals surface area contributed by atoms with E-state index in [0.717, 1.165) is 110 Å². The molecule has 1 N–H and O–H groups in total. The molecule has 0 amide bonds. The van der Waals surface area contributed by atoms with Crippen LogP contribution < -0.4 is 0 Å². The summed E-state index contributed by atoms with van der Waals surface area (Å²) >= 11 is 0. The van der Waals surface area contributed by atoms with Crippen LogP contribution in [0.3, 0.4) is 0 Å². The minimum atomic E-state index is 0.0416. The molecule has 1 saturated heterocycles. The molecule has 1 aliphatic rings. The molecule has 0 aromatic carbocycles. The Balaban J connectivity index is 0.000000914. The molecule has 0 spiro atoms. The number of rotatable bonds is 24. The van der Waals surface area contributed by atoms with Crippen LogP contribution in [-0.2, 0) is 9.47 Å². The molecule has 1 heterocycles. The first-order valence-corrected chi connectivity index (χ1v) is 18.7. The van der Waals surface area contributed by atoms with Crippen molar-refractivity contribution in [1.29, 1.82) is 0 Å². The lowest BCUT2D eigenvalue weighted by molar-refractivity contribution is -0.162. The summed E-state index contributed by atoms with van der Waals surface area (Å²) in [6, 6.07) is 0. The Morgan fingerprint density at radius 1 is 0.522 bits per heavy atom. The van der Waals surface area contributed by atoms with E-state index in [9.17, 15) is 0 Å². The van der Waals surface area contributed by atoms with Crippen molar-refractivity contribution >= 4 is 0 Å². The number of hydrogen-bond donors (Lipinski definition) is 1. The summed E-state index contributed by atoms with van der Waals surface area (Å²) in [4.78, 5) is 0. The maximum Gasteiger partial charge on any atom is 0.157 e. The molecule has 1 fully saturated rings. The first kappa shape index (κ1) is 43.6. The zero-order valence-electron chi connectivity index (χ0n) is 29.6. The molecular formula is C43H68O3. The summed E-state index contributed by atoms with van der Waals surface area (Å²) in [5.41, 5.74) is 0. The van der Waals surface area contributed by atoms with Gasteiger partial charge in [-0.05, 0) is 83.5 Å². The van der Waals surface area contributed by atoms with E-state index >= 15 is 0 Å². The summed E-state index contributed by atoms with van der Waals surface area (Å²) in [5.74, 6) is 25.8. The van der Waals surface area contributed by atoms with Crippen LogP contribution in [0.15, 0.2) is 25.3 Å². The number of aliphatic hydroxyl groups is 1. The summed E-state index contributed by atoms with van der Waals surface area (Å²) in [5, 5.41) is 8.60. The highest BCUT2D eigenvalue weighted by molar-refractivity contribution is 5.00. The van der Waals surface area contributed by atoms with Crippen LogP contribution in [0.4, 0.5) is 0 Å². The van der Waals surface area contributed by atoms with Gasteiger partial charge in [0.15, 0.2) is 6.29 Å². The first-order valence-electron chi connectivity index (χ1n) is 18.7. The molecule has 0 bridgehead atoms. The second-order valence-corrected chi connectivity index (χ2v) is 11.9. The zero-order chi connectivity index (χ0) is 33.3. The highest BCUT2D eigenvalue weighted by atomic mass is 16.7. The average molecular weight is 633 g/mol. The maximum absolute atomic E-state index is 8.60. The smallest absolute Gasteiger partial charge is 0.157 e. The first-order chi connectivity index (χ1) is 22.8. The highest BCUT2D eigenvalue weighted by Gasteiger charge is 2.12. The molecule has 0 aromatic heterocycles. The summed E-state index contributed by atoms with van der Waals surface area (Å²) < 4.78 is 11.2. The molecule has 1 atom stereocenters. The Bertz CT molecular complexity index is 914. The fourth-order valence-electron chi connectivity index (χ4n) is 4.68. The van der Waals surface area contributed by atoms with Crippen LogP contribution in [0.25, 0.3) is 0 Å². The molecule has 1 unspecified atom stereocenters. The summed E-state index contributed by atoms with van der Waals surface area (Å²) in [6.45, 7) is 9.31. The second kappa shape index (κ2) is 40.6. The average Bonchev–Trinajstić information content (AvgIpc) is 3.08. The van der Waals surface area contributed by atoms with Crippen LogP contribution >= 0.6 is 0 Å². The van der Waals surface area contributed by atoms with Gasteiger partial charge in [-0.1, -0.05) is 50.7 Å². The van der Waals surface area contributed by atoms with Gasteiger partial charge in [0.2, 0.25) is 0 Å². The Hall–Kier alpha value is -2.40. The Morgan fingerprint density at radius 2 is 0.913 bits per heavy atom. The Kier molecular flexibility index (Phi) is 38.5. The predicted molar refractivity (Wildman–Crippen MR) is 199 cm³/mol. The topological polar surface area (TPSA) is 38.7 Å². The molecule has 3 heteroatoms. The van der Waals surface area contributed by atoms with Crippen molar-refractivity contribution < 1.29 is 14.6 Å². The van der Waals surface area contributed by atoms with E-state index in [1.54, 1.807) is 0 Å². The van der Waals surface area contributed by atoms with Crippen molar-refractivity contribution in [3.63, 3.8) is 0 Å². The fourth-order valence-corrected chi connectivity index (χ4v) is 4.68. The minimum absolute atomic E-state index is 0.0416. The number of hydrogen-bond acceptors (Lipinski definition) is 3. The number of allylic oxidation sites excluding steroid dienone is 2. The Morgan fingerprint density at radius 3 is 1.30 bits per heavy atom. The number of unbranched alkanes of at least 4 members (excludes halogenated alkanes) is 18. The fraction of sp³-hybridized carbons (Fsp3) is 0.721. The van der Waals surface area contributed by atoms with Gasteiger partial charge in [0.25, 0.3) is 0 Å². The standard InChI is InChI=1S/C24H38O2.C19H30O/c1-2-3-4-5-6-7-8-9-10-11-12-13-14-15-16-17-19-22-25-24-21-18-20-23-26-24;1-2-3-4-5-6-7-8-9-10-11-12-13-14-15-16-17-18-19-20/h2,24H,1,3-5,8-14,17-23H2;2,20H,1,3-5,8-14,17-19H2. The van der Waals surface area contributed by atoms with Gasteiger partial charge < -0.3 is 14.6 Å². The van der Waals surface area contributed by atoms with Crippen molar-refractivity contribution in [3.05, 3.63) is 25.3 Å². The van der Waals surface area contributed by atoms with E-state index in [0.29, 0.717) is 0 Å². The summed E-state index contributed by atoms with van der Waals surface area (Å²) in [6.07, 6.45) is 34.4. The highest BCUT2D eigenvalue weighted by Crippen LogP contribution is 2.14. The van der Waals surface area contributed by atoms with E-state index in [-0.39, 0.29) is 12.9 Å². The maximum atomic E-state index is 8.60. The third kappa shape index (κ3) is 37.8. The van der Waals surface area contributed by atoms with E-state index in [1.807, 2.05) is 12.2 Å². The summed E-state index contributed by atoms with van der Waals surface area (Å²) in [7, 11) is 0. The normalized spacial score (nSPS) is 13.2. The lowest BCUT2D eigenvalue weighted by atomic mass is 10.1.